The summed E-state index contributed by atoms with van der Waals surface area (Å²) < 4.78 is 6.53. The zero-order chi connectivity index (χ0) is 21.3. The number of aryl methyl sites for hydroxylation is 3. The lowest BCUT2D eigenvalue weighted by Crippen LogP contribution is -2.31. The van der Waals surface area contributed by atoms with Crippen LogP contribution in [0.15, 0.2) is 54.9 Å². The summed E-state index contributed by atoms with van der Waals surface area (Å²) in [5.41, 5.74) is 5.50. The highest BCUT2D eigenvalue weighted by Gasteiger charge is 2.24. The number of carbonyl (C=O) groups excluding carboxylic acids is 1. The summed E-state index contributed by atoms with van der Waals surface area (Å²) in [5, 5.41) is 0.646. The molecule has 0 bridgehead atoms. The minimum absolute atomic E-state index is 0.0734. The molecule has 0 N–H and O–H groups in total. The predicted molar refractivity (Wildman–Crippen MR) is 122 cm³/mol. The first-order valence-corrected chi connectivity index (χ1v) is 10.5. The number of ether oxygens (including phenoxy) is 1. The third-order valence-electron chi connectivity index (χ3n) is 5.08. The predicted octanol–water partition coefficient (Wildman–Crippen LogP) is 5.47. The second-order valence-electron chi connectivity index (χ2n) is 7.33. The summed E-state index contributed by atoms with van der Waals surface area (Å²) in [5.74, 6) is 0.634. The number of fused-ring (bicyclic) bond motifs is 1. The first kappa shape index (κ1) is 20.0. The Morgan fingerprint density at radius 1 is 1.10 bits per heavy atom. The van der Waals surface area contributed by atoms with Crippen molar-refractivity contribution in [1.29, 1.82) is 0 Å². The zero-order valence-electron chi connectivity index (χ0n) is 17.5. The largest absolute Gasteiger partial charge is 0.494 e. The maximum atomic E-state index is 13.7. The average Bonchev–Trinajstić information content (AvgIpc) is 3.20. The van der Waals surface area contributed by atoms with Crippen LogP contribution in [0.25, 0.3) is 10.2 Å². The highest BCUT2D eigenvalue weighted by molar-refractivity contribution is 7.22. The summed E-state index contributed by atoms with van der Waals surface area (Å²) in [6.07, 6.45) is 3.51. The molecule has 5 nitrogen and oxygen atoms in total. The summed E-state index contributed by atoms with van der Waals surface area (Å²) in [6, 6.07) is 13.7. The smallest absolute Gasteiger partial charge is 0.260 e. The van der Waals surface area contributed by atoms with Gasteiger partial charge in [-0.1, -0.05) is 41.2 Å². The van der Waals surface area contributed by atoms with Gasteiger partial charge in [0.1, 0.15) is 11.3 Å². The van der Waals surface area contributed by atoms with Gasteiger partial charge in [0.2, 0.25) is 0 Å². The lowest BCUT2D eigenvalue weighted by Gasteiger charge is -2.21. The lowest BCUT2D eigenvalue weighted by molar-refractivity contribution is 0.0984. The zero-order valence-corrected chi connectivity index (χ0v) is 18.3. The molecule has 0 saturated heterocycles. The van der Waals surface area contributed by atoms with Crippen molar-refractivity contribution in [2.45, 2.75) is 27.3 Å². The van der Waals surface area contributed by atoms with Crippen molar-refractivity contribution in [2.24, 2.45) is 0 Å². The molecule has 0 spiro atoms. The van der Waals surface area contributed by atoms with Gasteiger partial charge in [0.05, 0.1) is 18.4 Å². The molecule has 0 radical (unpaired) electrons. The molecule has 30 heavy (non-hydrogen) atoms. The van der Waals surface area contributed by atoms with Crippen LogP contribution in [0.5, 0.6) is 5.75 Å². The van der Waals surface area contributed by atoms with E-state index in [1.807, 2.05) is 63.2 Å². The molecule has 0 saturated carbocycles. The Balaban J connectivity index is 1.85. The topological polar surface area (TPSA) is 55.3 Å². The maximum Gasteiger partial charge on any atom is 0.260 e. The van der Waals surface area contributed by atoms with Gasteiger partial charge in [-0.15, -0.1) is 0 Å². The number of amides is 1. The molecule has 4 aromatic rings. The number of benzene rings is 2. The second kappa shape index (κ2) is 8.24. The lowest BCUT2D eigenvalue weighted by atomic mass is 10.0. The van der Waals surface area contributed by atoms with Gasteiger partial charge in [-0.25, -0.2) is 4.98 Å². The van der Waals surface area contributed by atoms with Gasteiger partial charge in [0.15, 0.2) is 5.13 Å². The molecular formula is C24H23N3O2S. The molecular weight excluding hydrogens is 394 g/mol. The number of rotatable bonds is 5. The van der Waals surface area contributed by atoms with Crippen LogP contribution in [0.2, 0.25) is 0 Å². The number of anilines is 1. The normalized spacial score (nSPS) is 10.9. The van der Waals surface area contributed by atoms with E-state index in [0.29, 0.717) is 23.0 Å². The number of aromatic nitrogens is 2. The number of pyridine rings is 1. The molecule has 2 aromatic carbocycles. The fourth-order valence-electron chi connectivity index (χ4n) is 3.39. The number of nitrogens with zero attached hydrogens (tertiary/aromatic N) is 3. The van der Waals surface area contributed by atoms with Crippen molar-refractivity contribution in [1.82, 2.24) is 9.97 Å². The molecule has 2 aromatic heterocycles. The third kappa shape index (κ3) is 3.78. The van der Waals surface area contributed by atoms with Crippen LogP contribution in [-0.2, 0) is 6.54 Å². The number of hydrogen-bond donors (Lipinski definition) is 0. The van der Waals surface area contributed by atoms with Crippen LogP contribution >= 0.6 is 11.3 Å². The van der Waals surface area contributed by atoms with E-state index in [1.165, 1.54) is 11.3 Å². The van der Waals surface area contributed by atoms with E-state index in [-0.39, 0.29) is 5.91 Å². The highest BCUT2D eigenvalue weighted by atomic mass is 32.1. The second-order valence-corrected chi connectivity index (χ2v) is 8.31. The van der Waals surface area contributed by atoms with Gasteiger partial charge in [0, 0.05) is 18.0 Å². The van der Waals surface area contributed by atoms with Gasteiger partial charge in [0.25, 0.3) is 5.91 Å². The van der Waals surface area contributed by atoms with Crippen molar-refractivity contribution in [3.63, 3.8) is 0 Å². The number of thiazole rings is 1. The SMILES string of the molecule is COc1ccc(C)c2sc(N(Cc3cccnc3)C(=O)c3cc(C)ccc3C)nc12. The molecule has 0 aliphatic carbocycles. The highest BCUT2D eigenvalue weighted by Crippen LogP contribution is 2.37. The van der Waals surface area contributed by atoms with Crippen LogP contribution in [-0.4, -0.2) is 23.0 Å². The van der Waals surface area contributed by atoms with E-state index < -0.39 is 0 Å². The molecule has 0 fully saturated rings. The van der Waals surface area contributed by atoms with Gasteiger partial charge < -0.3 is 4.74 Å². The van der Waals surface area contributed by atoms with Gasteiger partial charge >= 0.3 is 0 Å². The van der Waals surface area contributed by atoms with Crippen LogP contribution in [0, 0.1) is 20.8 Å². The van der Waals surface area contributed by atoms with Crippen molar-refractivity contribution < 1.29 is 9.53 Å². The summed E-state index contributed by atoms with van der Waals surface area (Å²) in [7, 11) is 1.64. The van der Waals surface area contributed by atoms with Crippen molar-refractivity contribution >= 4 is 32.6 Å². The quantitative estimate of drug-likeness (QED) is 0.432. The van der Waals surface area contributed by atoms with Crippen LogP contribution in [0.1, 0.15) is 32.6 Å². The first-order valence-electron chi connectivity index (χ1n) is 9.70. The minimum atomic E-state index is -0.0734. The molecule has 4 rings (SSSR count). The Morgan fingerprint density at radius 3 is 2.63 bits per heavy atom. The molecule has 0 atom stereocenters. The van der Waals surface area contributed by atoms with Crippen LogP contribution in [0.4, 0.5) is 5.13 Å². The molecule has 0 unspecified atom stereocenters. The van der Waals surface area contributed by atoms with Gasteiger partial charge in [-0.3, -0.25) is 14.7 Å². The van der Waals surface area contributed by atoms with Gasteiger partial charge in [-0.05, 0) is 55.7 Å². The fourth-order valence-corrected chi connectivity index (χ4v) is 4.44. The average molecular weight is 418 g/mol. The van der Waals surface area contributed by atoms with E-state index in [2.05, 4.69) is 4.98 Å². The third-order valence-corrected chi connectivity index (χ3v) is 6.29. The fraction of sp³-hybridized carbons (Fsp3) is 0.208. The van der Waals surface area contributed by atoms with Crippen LogP contribution < -0.4 is 9.64 Å². The molecule has 6 heteroatoms. The Labute approximate surface area is 180 Å². The van der Waals surface area contributed by atoms with E-state index in [0.717, 1.165) is 32.5 Å². The van der Waals surface area contributed by atoms with Crippen molar-refractivity contribution in [3.05, 3.63) is 82.7 Å². The van der Waals surface area contributed by atoms with E-state index >= 15 is 0 Å². The monoisotopic (exact) mass is 417 g/mol. The molecule has 152 valence electrons. The van der Waals surface area contributed by atoms with E-state index in [4.69, 9.17) is 9.72 Å². The first-order chi connectivity index (χ1) is 14.5. The number of carbonyl (C=O) groups is 1. The Bertz CT molecular complexity index is 1220. The van der Waals surface area contributed by atoms with Crippen LogP contribution in [0.3, 0.4) is 0 Å². The Morgan fingerprint density at radius 2 is 1.90 bits per heavy atom. The standard InChI is InChI=1S/C24H23N3O2S/c1-15-7-8-16(2)19(12-15)23(28)27(14-18-6-5-11-25-13-18)24-26-21-20(29-4)10-9-17(3)22(21)30-24/h5-13H,14H2,1-4H3. The van der Waals surface area contributed by atoms with E-state index in [1.54, 1.807) is 24.4 Å². The maximum absolute atomic E-state index is 13.7. The van der Waals surface area contributed by atoms with Gasteiger partial charge in [-0.2, -0.15) is 0 Å². The minimum Gasteiger partial charge on any atom is -0.494 e. The Kier molecular flexibility index (Phi) is 5.50. The summed E-state index contributed by atoms with van der Waals surface area (Å²) >= 11 is 1.51. The molecule has 0 aliphatic rings. The summed E-state index contributed by atoms with van der Waals surface area (Å²) in [4.78, 5) is 24.4. The molecule has 1 amide bonds. The van der Waals surface area contributed by atoms with E-state index in [9.17, 15) is 4.79 Å². The number of methoxy groups -OCH3 is 1. The summed E-state index contributed by atoms with van der Waals surface area (Å²) in [6.45, 7) is 6.39. The Hall–Kier alpha value is -3.25. The van der Waals surface area contributed by atoms with Crippen molar-refractivity contribution in [2.75, 3.05) is 12.0 Å². The van der Waals surface area contributed by atoms with Crippen molar-refractivity contribution in [3.8, 4) is 5.75 Å². The molecule has 0 aliphatic heterocycles. The molecule has 2 heterocycles. The number of hydrogen-bond acceptors (Lipinski definition) is 5.